The van der Waals surface area contributed by atoms with E-state index in [1.54, 1.807) is 24.3 Å². The van der Waals surface area contributed by atoms with Gasteiger partial charge in [-0.1, -0.05) is 11.8 Å². The number of amides is 1. The van der Waals surface area contributed by atoms with Crippen LogP contribution in [0.25, 0.3) is 0 Å². The maximum absolute atomic E-state index is 12.3. The van der Waals surface area contributed by atoms with Crippen LogP contribution in [0.1, 0.15) is 12.8 Å². The second kappa shape index (κ2) is 8.96. The van der Waals surface area contributed by atoms with Gasteiger partial charge in [-0.15, -0.1) is 0 Å². The molecule has 1 aliphatic heterocycles. The first-order valence-corrected chi connectivity index (χ1v) is 10.0. The van der Waals surface area contributed by atoms with Gasteiger partial charge in [0.2, 0.25) is 0 Å². The van der Waals surface area contributed by atoms with Gasteiger partial charge in [-0.2, -0.15) is 8.78 Å². The van der Waals surface area contributed by atoms with E-state index in [0.29, 0.717) is 34.4 Å². The normalized spacial score (nSPS) is 18.0. The standard InChI is InChI=1S/C17H22F2N4OS2/c18-16(19)26-14-5-3-13(4-6-14)21-17(25)23-9-7-22(8-10-23)11-15(24)20-12-1-2-12/h3-6,12,16H,1-2,7-11H2,(H,20,24)(H,21,25)/p+1. The van der Waals surface area contributed by atoms with E-state index in [0.717, 1.165) is 44.7 Å². The summed E-state index contributed by atoms with van der Waals surface area (Å²) < 4.78 is 24.7. The maximum Gasteiger partial charge on any atom is 0.288 e. The van der Waals surface area contributed by atoms with Crippen molar-refractivity contribution in [3.05, 3.63) is 24.3 Å². The molecule has 0 atom stereocenters. The molecule has 0 radical (unpaired) electrons. The minimum Gasteiger partial charge on any atom is -0.348 e. The molecule has 3 N–H and O–H groups in total. The number of hydrogen-bond donors (Lipinski definition) is 3. The molecule has 1 aliphatic carbocycles. The quantitative estimate of drug-likeness (QED) is 0.494. The van der Waals surface area contributed by atoms with Crippen molar-refractivity contribution in [2.75, 3.05) is 38.0 Å². The summed E-state index contributed by atoms with van der Waals surface area (Å²) in [5.41, 5.74) is 0.784. The number of alkyl halides is 2. The van der Waals surface area contributed by atoms with Crippen molar-refractivity contribution < 1.29 is 18.5 Å². The number of quaternary nitrogens is 1. The summed E-state index contributed by atoms with van der Waals surface area (Å²) in [6, 6.07) is 7.22. The zero-order valence-corrected chi connectivity index (χ0v) is 16.0. The molecule has 1 saturated carbocycles. The van der Waals surface area contributed by atoms with Crippen LogP contribution in [0, 0.1) is 0 Å². The fourth-order valence-corrected chi connectivity index (χ4v) is 3.66. The van der Waals surface area contributed by atoms with Crippen LogP contribution in [0.4, 0.5) is 14.5 Å². The molecule has 1 aromatic rings. The van der Waals surface area contributed by atoms with Gasteiger partial charge in [-0.25, -0.2) is 0 Å². The molecule has 2 fully saturated rings. The van der Waals surface area contributed by atoms with Crippen molar-refractivity contribution in [2.45, 2.75) is 29.5 Å². The molecular weight excluding hydrogens is 378 g/mol. The van der Waals surface area contributed by atoms with Gasteiger partial charge >= 0.3 is 0 Å². The van der Waals surface area contributed by atoms with Crippen LogP contribution in [0.5, 0.6) is 0 Å². The first kappa shape index (κ1) is 19.3. The second-order valence-electron chi connectivity index (χ2n) is 6.59. The Hall–Kier alpha value is -1.45. The minimum absolute atomic E-state index is 0.137. The summed E-state index contributed by atoms with van der Waals surface area (Å²) in [7, 11) is 0. The Morgan fingerprint density at radius 2 is 1.92 bits per heavy atom. The molecule has 0 spiro atoms. The number of thioether (sulfide) groups is 1. The predicted octanol–water partition coefficient (Wildman–Crippen LogP) is 1.18. The Morgan fingerprint density at radius 3 is 2.50 bits per heavy atom. The number of anilines is 1. The number of benzene rings is 1. The summed E-state index contributed by atoms with van der Waals surface area (Å²) in [5.74, 6) is -2.28. The summed E-state index contributed by atoms with van der Waals surface area (Å²) >= 11 is 5.98. The zero-order valence-electron chi connectivity index (χ0n) is 14.3. The van der Waals surface area contributed by atoms with Crippen molar-refractivity contribution in [2.24, 2.45) is 0 Å². The molecule has 1 heterocycles. The molecule has 0 aromatic heterocycles. The van der Waals surface area contributed by atoms with Crippen molar-refractivity contribution in [1.29, 1.82) is 0 Å². The van der Waals surface area contributed by atoms with Crippen LogP contribution in [0.15, 0.2) is 29.2 Å². The zero-order chi connectivity index (χ0) is 18.5. The van der Waals surface area contributed by atoms with E-state index in [1.165, 1.54) is 4.90 Å². The van der Waals surface area contributed by atoms with Crippen LogP contribution in [0.2, 0.25) is 0 Å². The van der Waals surface area contributed by atoms with Gasteiger partial charge in [-0.05, 0) is 49.3 Å². The van der Waals surface area contributed by atoms with Crippen molar-refractivity contribution in [3.8, 4) is 0 Å². The average Bonchev–Trinajstić information content (AvgIpc) is 3.40. The number of piperazine rings is 1. The van der Waals surface area contributed by atoms with E-state index in [2.05, 4.69) is 15.5 Å². The Morgan fingerprint density at radius 1 is 1.27 bits per heavy atom. The number of rotatable bonds is 6. The van der Waals surface area contributed by atoms with Crippen LogP contribution in [-0.4, -0.2) is 60.4 Å². The van der Waals surface area contributed by atoms with Gasteiger partial charge in [-0.3, -0.25) is 4.79 Å². The Labute approximate surface area is 161 Å². The van der Waals surface area contributed by atoms with Crippen molar-refractivity contribution in [1.82, 2.24) is 10.2 Å². The highest BCUT2D eigenvalue weighted by atomic mass is 32.2. The SMILES string of the molecule is O=C(C[NH+]1CCN(C(=S)Nc2ccc(SC(F)F)cc2)CC1)NC1CC1. The second-order valence-corrected chi connectivity index (χ2v) is 8.04. The lowest BCUT2D eigenvalue weighted by atomic mass is 10.3. The van der Waals surface area contributed by atoms with Gasteiger partial charge in [0.05, 0.1) is 26.2 Å². The largest absolute Gasteiger partial charge is 0.348 e. The van der Waals surface area contributed by atoms with Gasteiger partial charge < -0.3 is 20.4 Å². The molecule has 0 unspecified atom stereocenters. The van der Waals surface area contributed by atoms with Crippen LogP contribution >= 0.6 is 24.0 Å². The third-order valence-electron chi connectivity index (χ3n) is 4.44. The summed E-state index contributed by atoms with van der Waals surface area (Å²) in [6.07, 6.45) is 2.22. The van der Waals surface area contributed by atoms with E-state index >= 15 is 0 Å². The highest BCUT2D eigenvalue weighted by Gasteiger charge is 2.27. The maximum atomic E-state index is 12.3. The molecule has 1 amide bonds. The number of carbonyl (C=O) groups is 1. The highest BCUT2D eigenvalue weighted by molar-refractivity contribution is 7.99. The molecule has 9 heteroatoms. The van der Waals surface area contributed by atoms with E-state index in [-0.39, 0.29) is 5.91 Å². The Balaban J connectivity index is 1.40. The number of thiocarbonyl (C=S) groups is 1. The number of hydrogen-bond acceptors (Lipinski definition) is 3. The number of nitrogens with one attached hydrogen (secondary N) is 3. The van der Waals surface area contributed by atoms with Crippen LogP contribution in [-0.2, 0) is 4.79 Å². The van der Waals surface area contributed by atoms with Crippen LogP contribution in [0.3, 0.4) is 0 Å². The lowest BCUT2D eigenvalue weighted by Gasteiger charge is -2.33. The summed E-state index contributed by atoms with van der Waals surface area (Å²) in [4.78, 5) is 15.8. The smallest absolute Gasteiger partial charge is 0.288 e. The topological polar surface area (TPSA) is 48.8 Å². The van der Waals surface area contributed by atoms with Gasteiger partial charge in [0.15, 0.2) is 11.7 Å². The van der Waals surface area contributed by atoms with Gasteiger partial charge in [0.1, 0.15) is 0 Å². The number of halogens is 2. The third-order valence-corrected chi connectivity index (χ3v) is 5.52. The molecule has 142 valence electrons. The number of nitrogens with zero attached hydrogens (tertiary/aromatic N) is 1. The summed E-state index contributed by atoms with van der Waals surface area (Å²) in [5, 5.41) is 6.80. The monoisotopic (exact) mass is 401 g/mol. The van der Waals surface area contributed by atoms with E-state index in [1.807, 2.05) is 0 Å². The molecule has 5 nitrogen and oxygen atoms in total. The first-order chi connectivity index (χ1) is 12.5. The fourth-order valence-electron chi connectivity index (χ4n) is 2.86. The molecule has 3 rings (SSSR count). The van der Waals surface area contributed by atoms with Gasteiger partial charge in [0.25, 0.3) is 11.7 Å². The first-order valence-electron chi connectivity index (χ1n) is 8.73. The minimum atomic E-state index is -2.42. The predicted molar refractivity (Wildman–Crippen MR) is 103 cm³/mol. The number of carbonyl (C=O) groups excluding carboxylic acids is 1. The Bertz CT molecular complexity index is 632. The van der Waals surface area contributed by atoms with E-state index in [9.17, 15) is 13.6 Å². The van der Waals surface area contributed by atoms with Crippen LogP contribution < -0.4 is 15.5 Å². The molecular formula is C17H23F2N4OS2+. The van der Waals surface area contributed by atoms with E-state index < -0.39 is 5.76 Å². The van der Waals surface area contributed by atoms with Gasteiger partial charge in [0, 0.05) is 16.6 Å². The Kier molecular flexibility index (Phi) is 6.66. The molecule has 1 saturated heterocycles. The third kappa shape index (κ3) is 6.07. The lowest BCUT2D eigenvalue weighted by Crippen LogP contribution is -3.15. The molecule has 0 bridgehead atoms. The van der Waals surface area contributed by atoms with Crippen molar-refractivity contribution >= 4 is 40.7 Å². The fraction of sp³-hybridized carbons (Fsp3) is 0.529. The van der Waals surface area contributed by atoms with Crippen molar-refractivity contribution in [3.63, 3.8) is 0 Å². The average molecular weight is 402 g/mol. The molecule has 1 aromatic carbocycles. The lowest BCUT2D eigenvalue weighted by molar-refractivity contribution is -0.895. The highest BCUT2D eigenvalue weighted by Crippen LogP contribution is 2.26. The van der Waals surface area contributed by atoms with E-state index in [4.69, 9.17) is 12.2 Å². The summed E-state index contributed by atoms with van der Waals surface area (Å²) in [6.45, 7) is 3.83. The molecule has 2 aliphatic rings. The molecule has 26 heavy (non-hydrogen) atoms.